The smallest absolute Gasteiger partial charge is 0.374 e. The number of fused-ring (bicyclic) bond motifs is 2. The molecule has 3 heterocycles. The van der Waals surface area contributed by atoms with Gasteiger partial charge in [0, 0.05) is 16.1 Å². The molecule has 3 aromatic heterocycles. The van der Waals surface area contributed by atoms with E-state index in [2.05, 4.69) is 35.9 Å². The summed E-state index contributed by atoms with van der Waals surface area (Å²) in [6, 6.07) is 14.4. The molecule has 0 radical (unpaired) electrons. The first-order valence-corrected chi connectivity index (χ1v) is 9.55. The number of hydrogen-bond donors (Lipinski definition) is 0. The molecule has 0 N–H and O–H groups in total. The SMILES string of the molecule is O=[N+]([O-])c1c(Oc2ccc(Br)c3cccnc23)ncnc1-n1cnc2ccccc21. The molecule has 0 aliphatic rings. The van der Waals surface area contributed by atoms with E-state index in [9.17, 15) is 10.1 Å². The molecule has 146 valence electrons. The van der Waals surface area contributed by atoms with E-state index in [0.717, 1.165) is 9.86 Å². The van der Waals surface area contributed by atoms with E-state index in [1.54, 1.807) is 35.0 Å². The van der Waals surface area contributed by atoms with Crippen molar-refractivity contribution in [2.24, 2.45) is 0 Å². The van der Waals surface area contributed by atoms with Gasteiger partial charge in [0.05, 0.1) is 16.0 Å². The highest BCUT2D eigenvalue weighted by Gasteiger charge is 2.27. The summed E-state index contributed by atoms with van der Waals surface area (Å²) in [5.74, 6) is 0.224. The highest BCUT2D eigenvalue weighted by Crippen LogP contribution is 2.37. The van der Waals surface area contributed by atoms with E-state index in [4.69, 9.17) is 4.74 Å². The minimum Gasteiger partial charge on any atom is -0.431 e. The van der Waals surface area contributed by atoms with Gasteiger partial charge in [0.1, 0.15) is 18.2 Å². The number of halogens is 1. The third-order valence-corrected chi connectivity index (χ3v) is 5.21. The van der Waals surface area contributed by atoms with Crippen LogP contribution in [-0.4, -0.2) is 29.4 Å². The summed E-state index contributed by atoms with van der Waals surface area (Å²) in [6.45, 7) is 0. The number of nitrogens with zero attached hydrogens (tertiary/aromatic N) is 6. The standard InChI is InChI=1S/C20H11BrN6O3/c21-13-7-8-16(17-12(13)4-3-9-22-17)30-20-18(27(28)29)19(23-10-24-20)26-11-25-14-5-1-2-6-15(14)26/h1-11H. The first-order chi connectivity index (χ1) is 14.6. The predicted octanol–water partition coefficient (Wildman–Crippen LogP) is 4.83. The molecule has 5 rings (SSSR count). The second-order valence-electron chi connectivity index (χ2n) is 6.26. The lowest BCUT2D eigenvalue weighted by atomic mass is 10.2. The maximum atomic E-state index is 12.0. The van der Waals surface area contributed by atoms with Crippen LogP contribution in [-0.2, 0) is 0 Å². The topological polar surface area (TPSA) is 109 Å². The lowest BCUT2D eigenvalue weighted by Crippen LogP contribution is -2.05. The Labute approximate surface area is 177 Å². The Bertz CT molecular complexity index is 1440. The third kappa shape index (κ3) is 2.94. The Hall–Kier alpha value is -3.92. The average Bonchev–Trinajstić information content (AvgIpc) is 3.19. The van der Waals surface area contributed by atoms with Gasteiger partial charge in [-0.15, -0.1) is 0 Å². The molecule has 0 spiro atoms. The van der Waals surface area contributed by atoms with Crippen molar-refractivity contribution in [3.8, 4) is 17.4 Å². The molecule has 0 amide bonds. The van der Waals surface area contributed by atoms with Gasteiger partial charge in [-0.3, -0.25) is 19.7 Å². The second kappa shape index (κ2) is 7.16. The lowest BCUT2D eigenvalue weighted by molar-refractivity contribution is -0.386. The van der Waals surface area contributed by atoms with Crippen LogP contribution in [0.4, 0.5) is 5.69 Å². The number of imidazole rings is 1. The Morgan fingerprint density at radius 1 is 1.00 bits per heavy atom. The maximum Gasteiger partial charge on any atom is 0.374 e. The van der Waals surface area contributed by atoms with Gasteiger partial charge in [0.15, 0.2) is 5.75 Å². The highest BCUT2D eigenvalue weighted by atomic mass is 79.9. The van der Waals surface area contributed by atoms with Gasteiger partial charge in [-0.2, -0.15) is 4.98 Å². The number of para-hydroxylation sites is 2. The fourth-order valence-electron chi connectivity index (χ4n) is 3.19. The predicted molar refractivity (Wildman–Crippen MR) is 113 cm³/mol. The summed E-state index contributed by atoms with van der Waals surface area (Å²) >= 11 is 3.48. The zero-order chi connectivity index (χ0) is 20.7. The fourth-order valence-corrected chi connectivity index (χ4v) is 3.64. The van der Waals surface area contributed by atoms with Gasteiger partial charge in [-0.05, 0) is 30.3 Å². The van der Waals surface area contributed by atoms with Crippen LogP contribution < -0.4 is 4.74 Å². The molecule has 9 nitrogen and oxygen atoms in total. The number of aromatic nitrogens is 5. The van der Waals surface area contributed by atoms with E-state index >= 15 is 0 Å². The van der Waals surface area contributed by atoms with Crippen molar-refractivity contribution in [2.45, 2.75) is 0 Å². The Balaban J connectivity index is 1.69. The van der Waals surface area contributed by atoms with E-state index in [-0.39, 0.29) is 17.4 Å². The van der Waals surface area contributed by atoms with Crippen molar-refractivity contribution in [1.29, 1.82) is 0 Å². The molecule has 0 aliphatic heterocycles. The van der Waals surface area contributed by atoms with Crippen LogP contribution in [0.15, 0.2) is 71.9 Å². The second-order valence-corrected chi connectivity index (χ2v) is 7.11. The number of rotatable bonds is 4. The molecule has 2 aromatic carbocycles. The van der Waals surface area contributed by atoms with E-state index < -0.39 is 4.92 Å². The molecule has 0 aliphatic carbocycles. The maximum absolute atomic E-state index is 12.0. The first kappa shape index (κ1) is 18.1. The minimum absolute atomic E-state index is 0.0630. The Morgan fingerprint density at radius 3 is 2.73 bits per heavy atom. The molecular formula is C20H11BrN6O3. The van der Waals surface area contributed by atoms with Crippen LogP contribution in [0.1, 0.15) is 0 Å². The molecule has 0 saturated carbocycles. The minimum atomic E-state index is -0.562. The van der Waals surface area contributed by atoms with Gasteiger partial charge in [0.2, 0.25) is 5.82 Å². The van der Waals surface area contributed by atoms with Crippen molar-refractivity contribution in [2.75, 3.05) is 0 Å². The zero-order valence-electron chi connectivity index (χ0n) is 15.1. The summed E-state index contributed by atoms with van der Waals surface area (Å²) in [4.78, 5) is 28.2. The zero-order valence-corrected chi connectivity index (χ0v) is 16.7. The third-order valence-electron chi connectivity index (χ3n) is 4.52. The average molecular weight is 463 g/mol. The Kier molecular flexibility index (Phi) is 4.32. The normalized spacial score (nSPS) is 11.1. The first-order valence-electron chi connectivity index (χ1n) is 8.76. The van der Waals surface area contributed by atoms with Crippen molar-refractivity contribution >= 4 is 43.6 Å². The summed E-state index contributed by atoms with van der Waals surface area (Å²) in [7, 11) is 0. The van der Waals surface area contributed by atoms with Gasteiger partial charge >= 0.3 is 11.6 Å². The van der Waals surface area contributed by atoms with Crippen molar-refractivity contribution in [3.63, 3.8) is 0 Å². The Morgan fingerprint density at radius 2 is 1.87 bits per heavy atom. The van der Waals surface area contributed by atoms with E-state index in [0.29, 0.717) is 22.3 Å². The summed E-state index contributed by atoms with van der Waals surface area (Å²) in [5, 5.41) is 12.8. The van der Waals surface area contributed by atoms with Crippen molar-refractivity contribution in [3.05, 3.63) is 82.0 Å². The quantitative estimate of drug-likeness (QED) is 0.278. The number of hydrogen-bond acceptors (Lipinski definition) is 7. The number of ether oxygens (including phenoxy) is 1. The summed E-state index contributed by atoms with van der Waals surface area (Å²) in [5.41, 5.74) is 1.55. The van der Waals surface area contributed by atoms with Gasteiger partial charge in [0.25, 0.3) is 0 Å². The molecule has 0 bridgehead atoms. The van der Waals surface area contributed by atoms with E-state index in [1.807, 2.05) is 24.3 Å². The molecule has 10 heteroatoms. The number of pyridine rings is 1. The lowest BCUT2D eigenvalue weighted by Gasteiger charge is -2.10. The monoisotopic (exact) mass is 462 g/mol. The number of nitro groups is 1. The van der Waals surface area contributed by atoms with Crippen LogP contribution >= 0.6 is 15.9 Å². The van der Waals surface area contributed by atoms with Crippen LogP contribution in [0, 0.1) is 10.1 Å². The van der Waals surface area contributed by atoms with Crippen LogP contribution in [0.5, 0.6) is 11.6 Å². The molecule has 30 heavy (non-hydrogen) atoms. The van der Waals surface area contributed by atoms with Crippen LogP contribution in [0.2, 0.25) is 0 Å². The number of benzene rings is 2. The fraction of sp³-hybridized carbons (Fsp3) is 0. The van der Waals surface area contributed by atoms with Gasteiger partial charge in [-0.25, -0.2) is 9.97 Å². The highest BCUT2D eigenvalue weighted by molar-refractivity contribution is 9.10. The van der Waals surface area contributed by atoms with Gasteiger partial charge < -0.3 is 4.74 Å². The summed E-state index contributed by atoms with van der Waals surface area (Å²) < 4.78 is 8.26. The molecule has 0 unspecified atom stereocenters. The molecular weight excluding hydrogens is 452 g/mol. The van der Waals surface area contributed by atoms with Crippen molar-refractivity contribution < 1.29 is 9.66 Å². The molecule has 0 fully saturated rings. The summed E-state index contributed by atoms with van der Waals surface area (Å²) in [6.07, 6.45) is 4.33. The van der Waals surface area contributed by atoms with E-state index in [1.165, 1.54) is 12.7 Å². The molecule has 5 aromatic rings. The van der Waals surface area contributed by atoms with Crippen molar-refractivity contribution in [1.82, 2.24) is 24.5 Å². The van der Waals surface area contributed by atoms with Crippen LogP contribution in [0.25, 0.3) is 27.8 Å². The largest absolute Gasteiger partial charge is 0.431 e. The van der Waals surface area contributed by atoms with Crippen LogP contribution in [0.3, 0.4) is 0 Å². The molecule has 0 atom stereocenters. The molecule has 0 saturated heterocycles. The van der Waals surface area contributed by atoms with Gasteiger partial charge in [-0.1, -0.05) is 34.1 Å².